The van der Waals surface area contributed by atoms with Crippen molar-refractivity contribution in [3.63, 3.8) is 0 Å². The maximum absolute atomic E-state index is 13.4. The van der Waals surface area contributed by atoms with Crippen molar-refractivity contribution in [3.8, 4) is 0 Å². The highest BCUT2D eigenvalue weighted by Crippen LogP contribution is 2.29. The Morgan fingerprint density at radius 1 is 1.47 bits per heavy atom. The predicted octanol–water partition coefficient (Wildman–Crippen LogP) is 2.49. The molecule has 0 radical (unpaired) electrons. The molecule has 2 rings (SSSR count). The van der Waals surface area contributed by atoms with Crippen molar-refractivity contribution in [2.75, 3.05) is 0 Å². The molecule has 4 nitrogen and oxygen atoms in total. The fourth-order valence-electron chi connectivity index (χ4n) is 2.07. The number of nitrogens with zero attached hydrogens (tertiary/aromatic N) is 2. The van der Waals surface area contributed by atoms with E-state index in [1.807, 2.05) is 6.92 Å². The van der Waals surface area contributed by atoms with Gasteiger partial charge < -0.3 is 0 Å². The van der Waals surface area contributed by atoms with Crippen molar-refractivity contribution < 1.29 is 4.39 Å². The van der Waals surface area contributed by atoms with Crippen LogP contribution in [0.5, 0.6) is 0 Å². The van der Waals surface area contributed by atoms with Gasteiger partial charge in [0.2, 0.25) is 0 Å². The molecule has 3 N–H and O–H groups in total. The fourth-order valence-corrected chi connectivity index (χ4v) is 2.85. The first-order valence-electron chi connectivity index (χ1n) is 6.20. The summed E-state index contributed by atoms with van der Waals surface area (Å²) in [6, 6.07) is 4.44. The summed E-state index contributed by atoms with van der Waals surface area (Å²) in [5.74, 6) is 5.39. The Hall–Kier alpha value is -1.37. The summed E-state index contributed by atoms with van der Waals surface area (Å²) >= 11 is 1.31. The van der Waals surface area contributed by atoms with Gasteiger partial charge >= 0.3 is 0 Å². The average molecular weight is 280 g/mol. The van der Waals surface area contributed by atoms with Gasteiger partial charge in [-0.1, -0.05) is 23.9 Å². The number of rotatable bonds is 5. The van der Waals surface area contributed by atoms with Crippen LogP contribution in [0.1, 0.15) is 41.1 Å². The maximum Gasteiger partial charge on any atom is 0.123 e. The molecule has 19 heavy (non-hydrogen) atoms. The van der Waals surface area contributed by atoms with Gasteiger partial charge in [-0.2, -0.15) is 0 Å². The van der Waals surface area contributed by atoms with Crippen LogP contribution in [0.15, 0.2) is 18.2 Å². The van der Waals surface area contributed by atoms with Crippen molar-refractivity contribution in [1.29, 1.82) is 0 Å². The normalized spacial score (nSPS) is 12.6. The summed E-state index contributed by atoms with van der Waals surface area (Å²) in [6.45, 7) is 4.02. The number of hydrogen-bond acceptors (Lipinski definition) is 5. The molecule has 1 heterocycles. The van der Waals surface area contributed by atoms with Gasteiger partial charge in [0.15, 0.2) is 0 Å². The number of aryl methyl sites for hydroxylation is 2. The molecule has 0 bridgehead atoms. The third-order valence-electron chi connectivity index (χ3n) is 3.05. The number of nitrogens with one attached hydrogen (secondary N) is 1. The number of benzene rings is 1. The highest BCUT2D eigenvalue weighted by Gasteiger charge is 2.21. The molecule has 0 saturated heterocycles. The van der Waals surface area contributed by atoms with Crippen LogP contribution in [-0.2, 0) is 6.42 Å². The lowest BCUT2D eigenvalue weighted by molar-refractivity contribution is 0.603. The van der Waals surface area contributed by atoms with E-state index in [4.69, 9.17) is 5.84 Å². The Labute approximate surface area is 116 Å². The van der Waals surface area contributed by atoms with Crippen molar-refractivity contribution in [3.05, 3.63) is 45.7 Å². The molecule has 6 heteroatoms. The van der Waals surface area contributed by atoms with Crippen LogP contribution in [0, 0.1) is 12.7 Å². The quantitative estimate of drug-likeness (QED) is 0.652. The molecule has 0 fully saturated rings. The first-order valence-corrected chi connectivity index (χ1v) is 6.98. The third kappa shape index (κ3) is 2.97. The van der Waals surface area contributed by atoms with Gasteiger partial charge in [0, 0.05) is 0 Å². The van der Waals surface area contributed by atoms with Gasteiger partial charge in [-0.25, -0.2) is 9.82 Å². The van der Waals surface area contributed by atoms with Crippen LogP contribution in [-0.4, -0.2) is 9.59 Å². The van der Waals surface area contributed by atoms with E-state index in [0.29, 0.717) is 0 Å². The topological polar surface area (TPSA) is 63.8 Å². The predicted molar refractivity (Wildman–Crippen MR) is 74.2 cm³/mol. The molecule has 102 valence electrons. The monoisotopic (exact) mass is 280 g/mol. The Morgan fingerprint density at radius 3 is 2.95 bits per heavy atom. The van der Waals surface area contributed by atoms with E-state index in [9.17, 15) is 4.39 Å². The zero-order valence-corrected chi connectivity index (χ0v) is 11.8. The van der Waals surface area contributed by atoms with E-state index < -0.39 is 0 Å². The van der Waals surface area contributed by atoms with Crippen LogP contribution in [0.3, 0.4) is 0 Å². The summed E-state index contributed by atoms with van der Waals surface area (Å²) in [5, 5.41) is 4.13. The minimum atomic E-state index is -0.268. The zero-order chi connectivity index (χ0) is 13.8. The fraction of sp³-hybridized carbons (Fsp3) is 0.385. The lowest BCUT2D eigenvalue weighted by atomic mass is 9.98. The van der Waals surface area contributed by atoms with Gasteiger partial charge in [-0.05, 0) is 48.1 Å². The second kappa shape index (κ2) is 6.18. The molecule has 1 aromatic heterocycles. The Kier molecular flexibility index (Phi) is 4.57. The molecular weight excluding hydrogens is 263 g/mol. The molecule has 0 aliphatic carbocycles. The molecule has 0 saturated carbocycles. The van der Waals surface area contributed by atoms with Crippen LogP contribution < -0.4 is 11.3 Å². The van der Waals surface area contributed by atoms with Gasteiger partial charge in [0.25, 0.3) is 0 Å². The summed E-state index contributed by atoms with van der Waals surface area (Å²) in [4.78, 5) is 0.957. The maximum atomic E-state index is 13.4. The number of hydrogen-bond donors (Lipinski definition) is 2. The van der Waals surface area contributed by atoms with E-state index in [1.165, 1.54) is 23.7 Å². The molecule has 1 unspecified atom stereocenters. The number of aromatic nitrogens is 2. The van der Waals surface area contributed by atoms with Crippen LogP contribution in [0.25, 0.3) is 0 Å². The second-order valence-corrected chi connectivity index (χ2v) is 5.22. The molecular formula is C13H17FN4S. The largest absolute Gasteiger partial charge is 0.271 e. The highest BCUT2D eigenvalue weighted by molar-refractivity contribution is 7.05. The molecule has 0 amide bonds. The summed E-state index contributed by atoms with van der Waals surface area (Å²) in [7, 11) is 0. The van der Waals surface area contributed by atoms with Gasteiger partial charge in [0.1, 0.15) is 5.82 Å². The van der Waals surface area contributed by atoms with Gasteiger partial charge in [0.05, 0.1) is 16.6 Å². The zero-order valence-electron chi connectivity index (χ0n) is 11.0. The molecule has 2 aromatic rings. The third-order valence-corrected chi connectivity index (χ3v) is 3.88. The Balaban J connectivity index is 2.44. The standard InChI is InChI=1S/C13H17FN4S/c1-3-4-11-13(19-18-17-11)12(16-15)10-7-9(14)6-5-8(10)2/h5-7,12,16H,3-4,15H2,1-2H3. The Morgan fingerprint density at radius 2 is 2.26 bits per heavy atom. The van der Waals surface area contributed by atoms with Crippen molar-refractivity contribution in [2.24, 2.45) is 5.84 Å². The minimum absolute atomic E-state index is 0.266. The first-order chi connectivity index (χ1) is 9.17. The summed E-state index contributed by atoms with van der Waals surface area (Å²) < 4.78 is 17.4. The highest BCUT2D eigenvalue weighted by atomic mass is 32.1. The van der Waals surface area contributed by atoms with Gasteiger partial charge in [-0.15, -0.1) is 5.10 Å². The van der Waals surface area contributed by atoms with Gasteiger partial charge in [-0.3, -0.25) is 5.84 Å². The SMILES string of the molecule is CCCc1nnsc1C(NN)c1cc(F)ccc1C. The van der Waals surface area contributed by atoms with E-state index in [-0.39, 0.29) is 11.9 Å². The molecule has 1 aromatic carbocycles. The Bertz CT molecular complexity index is 555. The minimum Gasteiger partial charge on any atom is -0.271 e. The van der Waals surface area contributed by atoms with E-state index in [0.717, 1.165) is 34.5 Å². The van der Waals surface area contributed by atoms with Crippen LogP contribution in [0.2, 0.25) is 0 Å². The lowest BCUT2D eigenvalue weighted by Crippen LogP contribution is -2.29. The summed E-state index contributed by atoms with van der Waals surface area (Å²) in [5.41, 5.74) is 5.49. The first kappa shape index (κ1) is 14.0. The van der Waals surface area contributed by atoms with E-state index >= 15 is 0 Å². The smallest absolute Gasteiger partial charge is 0.123 e. The number of nitrogens with two attached hydrogens (primary N) is 1. The summed E-state index contributed by atoms with van der Waals surface area (Å²) in [6.07, 6.45) is 1.83. The molecule has 0 aliphatic heterocycles. The number of halogens is 1. The second-order valence-electron chi connectivity index (χ2n) is 4.43. The van der Waals surface area contributed by atoms with E-state index in [2.05, 4.69) is 21.9 Å². The number of hydrazine groups is 1. The average Bonchev–Trinajstić information content (AvgIpc) is 2.83. The van der Waals surface area contributed by atoms with Crippen molar-refractivity contribution in [1.82, 2.24) is 15.0 Å². The van der Waals surface area contributed by atoms with Crippen LogP contribution in [0.4, 0.5) is 4.39 Å². The molecule has 0 spiro atoms. The molecule has 1 atom stereocenters. The van der Waals surface area contributed by atoms with Crippen LogP contribution >= 0.6 is 11.5 Å². The van der Waals surface area contributed by atoms with Crippen molar-refractivity contribution in [2.45, 2.75) is 32.7 Å². The van der Waals surface area contributed by atoms with Crippen molar-refractivity contribution >= 4 is 11.5 Å². The lowest BCUT2D eigenvalue weighted by Gasteiger charge is -2.17. The van der Waals surface area contributed by atoms with E-state index in [1.54, 1.807) is 6.07 Å². The molecule has 0 aliphatic rings.